The molecule has 1 unspecified atom stereocenters. The summed E-state index contributed by atoms with van der Waals surface area (Å²) in [4.78, 5) is 0. The summed E-state index contributed by atoms with van der Waals surface area (Å²) in [7, 11) is 1.57. The van der Waals surface area contributed by atoms with Crippen LogP contribution in [0.15, 0.2) is 18.2 Å². The molecule has 16 heavy (non-hydrogen) atoms. The first kappa shape index (κ1) is 13.3. The van der Waals surface area contributed by atoms with E-state index < -0.39 is 5.60 Å². The number of rotatable bonds is 2. The van der Waals surface area contributed by atoms with Crippen molar-refractivity contribution < 1.29 is 9.84 Å². The molecular weight excluding hydrogens is 224 g/mol. The Kier molecular flexibility index (Phi) is 3.56. The number of hydrogen-bond donors (Lipinski definition) is 1. The van der Waals surface area contributed by atoms with Gasteiger partial charge in [0.05, 0.1) is 17.7 Å². The lowest BCUT2D eigenvalue weighted by molar-refractivity contribution is -0.0470. The first-order valence-electron chi connectivity index (χ1n) is 5.26. The highest BCUT2D eigenvalue weighted by molar-refractivity contribution is 6.32. The highest BCUT2D eigenvalue weighted by atomic mass is 35.5. The average molecular weight is 243 g/mol. The van der Waals surface area contributed by atoms with Gasteiger partial charge in [-0.05, 0) is 30.0 Å². The third kappa shape index (κ3) is 2.33. The summed E-state index contributed by atoms with van der Waals surface area (Å²) in [5, 5.41) is 11.0. The molecule has 2 nitrogen and oxygen atoms in total. The van der Waals surface area contributed by atoms with E-state index in [9.17, 15) is 5.11 Å². The van der Waals surface area contributed by atoms with E-state index in [0.717, 1.165) is 5.56 Å². The van der Waals surface area contributed by atoms with Gasteiger partial charge in [0, 0.05) is 0 Å². The maximum Gasteiger partial charge on any atom is 0.137 e. The molecule has 1 N–H and O–H groups in total. The van der Waals surface area contributed by atoms with Crippen molar-refractivity contribution in [1.82, 2.24) is 0 Å². The predicted molar refractivity (Wildman–Crippen MR) is 67.0 cm³/mol. The fraction of sp³-hybridized carbons (Fsp3) is 0.538. The third-order valence-electron chi connectivity index (χ3n) is 3.17. The molecular formula is C13H19ClO2. The lowest BCUT2D eigenvalue weighted by atomic mass is 9.73. The normalized spacial score (nSPS) is 15.7. The van der Waals surface area contributed by atoms with Gasteiger partial charge in [0.1, 0.15) is 5.75 Å². The molecule has 0 radical (unpaired) electrons. The van der Waals surface area contributed by atoms with E-state index >= 15 is 0 Å². The van der Waals surface area contributed by atoms with Crippen LogP contribution in [0, 0.1) is 5.41 Å². The monoisotopic (exact) mass is 242 g/mol. The Hall–Kier alpha value is -0.730. The second kappa shape index (κ2) is 4.27. The number of benzene rings is 1. The van der Waals surface area contributed by atoms with Gasteiger partial charge in [0.2, 0.25) is 0 Å². The molecule has 3 heteroatoms. The van der Waals surface area contributed by atoms with Gasteiger partial charge < -0.3 is 9.84 Å². The summed E-state index contributed by atoms with van der Waals surface area (Å²) in [5.74, 6) is 0.620. The standard InChI is InChI=1S/C13H19ClO2/c1-12(2,3)13(4,15)9-6-7-11(16-5)10(14)8-9/h6-8,15H,1-5H3. The van der Waals surface area contributed by atoms with E-state index in [1.807, 2.05) is 26.8 Å². The zero-order valence-corrected chi connectivity index (χ0v) is 11.2. The lowest BCUT2D eigenvalue weighted by Crippen LogP contribution is -2.36. The molecule has 0 spiro atoms. The van der Waals surface area contributed by atoms with Gasteiger partial charge in [0.25, 0.3) is 0 Å². The molecule has 0 aliphatic heterocycles. The van der Waals surface area contributed by atoms with Crippen LogP contribution >= 0.6 is 11.6 Å². The average Bonchev–Trinajstić information content (AvgIpc) is 2.15. The van der Waals surface area contributed by atoms with Crippen molar-refractivity contribution in [2.24, 2.45) is 5.41 Å². The Morgan fingerprint density at radius 2 is 1.75 bits per heavy atom. The van der Waals surface area contributed by atoms with Crippen LogP contribution in [-0.2, 0) is 5.60 Å². The van der Waals surface area contributed by atoms with Crippen LogP contribution in [0.25, 0.3) is 0 Å². The fourth-order valence-corrected chi connectivity index (χ4v) is 1.66. The molecule has 0 bridgehead atoms. The largest absolute Gasteiger partial charge is 0.495 e. The molecule has 1 aromatic rings. The number of ether oxygens (including phenoxy) is 1. The lowest BCUT2D eigenvalue weighted by Gasteiger charge is -2.37. The van der Waals surface area contributed by atoms with Crippen molar-refractivity contribution >= 4 is 11.6 Å². The molecule has 1 atom stereocenters. The zero-order valence-electron chi connectivity index (χ0n) is 10.5. The highest BCUT2D eigenvalue weighted by Gasteiger charge is 2.37. The number of aliphatic hydroxyl groups is 1. The minimum atomic E-state index is -0.928. The first-order chi connectivity index (χ1) is 7.20. The summed E-state index contributed by atoms with van der Waals surface area (Å²) in [6, 6.07) is 5.37. The van der Waals surface area contributed by atoms with E-state index in [-0.39, 0.29) is 5.41 Å². The predicted octanol–water partition coefficient (Wildman–Crippen LogP) is 3.60. The van der Waals surface area contributed by atoms with Crippen LogP contribution in [0.4, 0.5) is 0 Å². The third-order valence-corrected chi connectivity index (χ3v) is 3.47. The second-order valence-corrected chi connectivity index (χ2v) is 5.58. The molecule has 90 valence electrons. The van der Waals surface area contributed by atoms with Crippen LogP contribution in [0.3, 0.4) is 0 Å². The fourth-order valence-electron chi connectivity index (χ4n) is 1.40. The topological polar surface area (TPSA) is 29.5 Å². The van der Waals surface area contributed by atoms with Crippen molar-refractivity contribution in [3.63, 3.8) is 0 Å². The van der Waals surface area contributed by atoms with Crippen LogP contribution in [0.5, 0.6) is 5.75 Å². The molecule has 0 saturated heterocycles. The molecule has 0 aliphatic rings. The molecule has 0 saturated carbocycles. The summed E-state index contributed by atoms with van der Waals surface area (Å²) >= 11 is 6.05. The van der Waals surface area contributed by atoms with E-state index in [2.05, 4.69) is 0 Å². The minimum absolute atomic E-state index is 0.259. The SMILES string of the molecule is COc1ccc(C(C)(O)C(C)(C)C)cc1Cl. The van der Waals surface area contributed by atoms with Crippen molar-refractivity contribution in [1.29, 1.82) is 0 Å². The Balaban J connectivity index is 3.20. The maximum absolute atomic E-state index is 10.5. The summed E-state index contributed by atoms with van der Waals surface area (Å²) in [6.45, 7) is 7.77. The van der Waals surface area contributed by atoms with Crippen molar-refractivity contribution in [2.45, 2.75) is 33.3 Å². The summed E-state index contributed by atoms with van der Waals surface area (Å²) < 4.78 is 5.08. The number of halogens is 1. The summed E-state index contributed by atoms with van der Waals surface area (Å²) in [5.41, 5.74) is -0.390. The Morgan fingerprint density at radius 1 is 1.19 bits per heavy atom. The van der Waals surface area contributed by atoms with Gasteiger partial charge in [-0.25, -0.2) is 0 Å². The van der Waals surface area contributed by atoms with Crippen molar-refractivity contribution in [3.05, 3.63) is 28.8 Å². The van der Waals surface area contributed by atoms with E-state index in [1.54, 1.807) is 26.2 Å². The van der Waals surface area contributed by atoms with Crippen molar-refractivity contribution in [3.8, 4) is 5.75 Å². The Morgan fingerprint density at radius 3 is 2.12 bits per heavy atom. The van der Waals surface area contributed by atoms with Gasteiger partial charge in [-0.1, -0.05) is 38.4 Å². The molecule has 0 fully saturated rings. The molecule has 0 aromatic heterocycles. The van der Waals surface area contributed by atoms with Gasteiger partial charge in [-0.15, -0.1) is 0 Å². The summed E-state index contributed by atoms with van der Waals surface area (Å²) in [6.07, 6.45) is 0. The Bertz CT molecular complexity index is 378. The Labute approximate surface area is 102 Å². The quantitative estimate of drug-likeness (QED) is 0.859. The van der Waals surface area contributed by atoms with Crippen LogP contribution < -0.4 is 4.74 Å². The molecule has 1 aromatic carbocycles. The van der Waals surface area contributed by atoms with Crippen LogP contribution in [0.1, 0.15) is 33.3 Å². The number of hydrogen-bond acceptors (Lipinski definition) is 2. The molecule has 0 aliphatic carbocycles. The minimum Gasteiger partial charge on any atom is -0.495 e. The second-order valence-electron chi connectivity index (χ2n) is 5.17. The van der Waals surface area contributed by atoms with Gasteiger partial charge in [0.15, 0.2) is 0 Å². The van der Waals surface area contributed by atoms with Crippen LogP contribution in [0.2, 0.25) is 5.02 Å². The zero-order chi connectivity index (χ0) is 12.6. The smallest absolute Gasteiger partial charge is 0.137 e. The van der Waals surface area contributed by atoms with Gasteiger partial charge in [-0.2, -0.15) is 0 Å². The molecule has 0 heterocycles. The maximum atomic E-state index is 10.5. The van der Waals surface area contributed by atoms with Gasteiger partial charge >= 0.3 is 0 Å². The van der Waals surface area contributed by atoms with Crippen LogP contribution in [-0.4, -0.2) is 12.2 Å². The van der Waals surface area contributed by atoms with E-state index in [0.29, 0.717) is 10.8 Å². The first-order valence-corrected chi connectivity index (χ1v) is 5.64. The number of methoxy groups -OCH3 is 1. The highest BCUT2D eigenvalue weighted by Crippen LogP contribution is 2.40. The van der Waals surface area contributed by atoms with E-state index in [1.165, 1.54) is 0 Å². The molecule has 1 rings (SSSR count). The molecule has 0 amide bonds. The van der Waals surface area contributed by atoms with E-state index in [4.69, 9.17) is 16.3 Å². The van der Waals surface area contributed by atoms with Gasteiger partial charge in [-0.3, -0.25) is 0 Å². The van der Waals surface area contributed by atoms with Crippen molar-refractivity contribution in [2.75, 3.05) is 7.11 Å².